The van der Waals surface area contributed by atoms with E-state index in [0.717, 1.165) is 29.5 Å². The normalized spacial score (nSPS) is 18.3. The molecule has 0 heterocycles. The number of benzene rings is 1. The molecule has 0 N–H and O–H groups in total. The third-order valence-electron chi connectivity index (χ3n) is 2.92. The van der Waals surface area contributed by atoms with Crippen molar-refractivity contribution in [1.29, 1.82) is 5.26 Å². The highest BCUT2D eigenvalue weighted by atomic mass is 35.5. The molecule has 0 bridgehead atoms. The Hall–Kier alpha value is -1.26. The second kappa shape index (κ2) is 3.72. The van der Waals surface area contributed by atoms with Gasteiger partial charge in [-0.25, -0.2) is 0 Å². The molecule has 2 heteroatoms. The number of halogens is 1. The van der Waals surface area contributed by atoms with Gasteiger partial charge in [-0.15, -0.1) is 0 Å². The van der Waals surface area contributed by atoms with E-state index in [1.807, 2.05) is 19.1 Å². The van der Waals surface area contributed by atoms with Crippen molar-refractivity contribution < 1.29 is 0 Å². The van der Waals surface area contributed by atoms with Crippen LogP contribution in [-0.2, 0) is 6.42 Å². The molecule has 0 saturated heterocycles. The van der Waals surface area contributed by atoms with Crippen LogP contribution in [-0.4, -0.2) is 0 Å². The van der Waals surface area contributed by atoms with Crippen molar-refractivity contribution in [2.45, 2.75) is 25.7 Å². The van der Waals surface area contributed by atoms with Crippen molar-refractivity contribution >= 4 is 17.2 Å². The summed E-state index contributed by atoms with van der Waals surface area (Å²) >= 11 is 6.04. The summed E-state index contributed by atoms with van der Waals surface area (Å²) < 4.78 is 0. The first-order valence-corrected chi connectivity index (χ1v) is 5.39. The van der Waals surface area contributed by atoms with Crippen LogP contribution in [0.2, 0.25) is 5.02 Å². The lowest BCUT2D eigenvalue weighted by Gasteiger charge is -2.09. The number of rotatable bonds is 1. The molecular weight excluding hydrogens is 206 g/mol. The van der Waals surface area contributed by atoms with E-state index in [-0.39, 0.29) is 5.92 Å². The Morgan fingerprint density at radius 1 is 1.60 bits per heavy atom. The van der Waals surface area contributed by atoms with Gasteiger partial charge in [-0.1, -0.05) is 23.8 Å². The van der Waals surface area contributed by atoms with E-state index in [2.05, 4.69) is 12.6 Å². The van der Waals surface area contributed by atoms with Gasteiger partial charge in [0.05, 0.1) is 12.0 Å². The Morgan fingerprint density at radius 3 is 2.93 bits per heavy atom. The van der Waals surface area contributed by atoms with Crippen molar-refractivity contribution in [3.63, 3.8) is 0 Å². The maximum atomic E-state index is 9.02. The molecule has 0 fully saturated rings. The van der Waals surface area contributed by atoms with E-state index in [1.165, 1.54) is 5.56 Å². The molecule has 0 radical (unpaired) electrons. The minimum Gasteiger partial charge on any atom is -0.198 e. The van der Waals surface area contributed by atoms with E-state index in [4.69, 9.17) is 16.9 Å². The zero-order valence-electron chi connectivity index (χ0n) is 8.68. The van der Waals surface area contributed by atoms with Crippen molar-refractivity contribution in [3.8, 4) is 6.07 Å². The maximum Gasteiger partial charge on any atom is 0.0719 e. The Kier molecular flexibility index (Phi) is 2.54. The van der Waals surface area contributed by atoms with Crippen LogP contribution < -0.4 is 0 Å². The highest BCUT2D eigenvalue weighted by Gasteiger charge is 2.25. The zero-order valence-corrected chi connectivity index (χ0v) is 9.43. The summed E-state index contributed by atoms with van der Waals surface area (Å²) in [6.07, 6.45) is 1.87. The number of fused-ring (bicyclic) bond motifs is 1. The first kappa shape index (κ1) is 10.3. The van der Waals surface area contributed by atoms with Gasteiger partial charge in [0.2, 0.25) is 0 Å². The molecule has 1 aliphatic carbocycles. The quantitative estimate of drug-likeness (QED) is 0.699. The molecule has 15 heavy (non-hydrogen) atoms. The third kappa shape index (κ3) is 1.66. The Labute approximate surface area is 95.0 Å². The minimum absolute atomic E-state index is 0.0109. The molecule has 1 aromatic carbocycles. The molecule has 1 atom stereocenters. The van der Waals surface area contributed by atoms with E-state index < -0.39 is 0 Å². The number of hydrogen-bond donors (Lipinski definition) is 0. The van der Waals surface area contributed by atoms with Crippen molar-refractivity contribution in [2.24, 2.45) is 0 Å². The summed E-state index contributed by atoms with van der Waals surface area (Å²) in [5.41, 5.74) is 4.50. The van der Waals surface area contributed by atoms with Crippen LogP contribution in [0.4, 0.5) is 0 Å². The first-order valence-electron chi connectivity index (χ1n) is 5.01. The van der Waals surface area contributed by atoms with Gasteiger partial charge in [-0.2, -0.15) is 5.26 Å². The Morgan fingerprint density at radius 2 is 2.33 bits per heavy atom. The molecule has 1 unspecified atom stereocenters. The van der Waals surface area contributed by atoms with Crippen LogP contribution in [0.3, 0.4) is 0 Å². The molecule has 0 saturated carbocycles. The summed E-state index contributed by atoms with van der Waals surface area (Å²) in [6, 6.07) is 6.19. The van der Waals surface area contributed by atoms with Crippen LogP contribution in [0.1, 0.15) is 36.0 Å². The number of nitrogens with zero attached hydrogens (tertiary/aromatic N) is 1. The highest BCUT2D eigenvalue weighted by Crippen LogP contribution is 2.38. The molecule has 1 aliphatic rings. The smallest absolute Gasteiger partial charge is 0.0719 e. The SMILES string of the molecule is C=C(C)c1cc(Cl)cc2c1CCC2C#N. The van der Waals surface area contributed by atoms with Crippen molar-refractivity contribution in [2.75, 3.05) is 0 Å². The standard InChI is InChI=1S/C13H12ClN/c1-8(2)12-5-10(14)6-13-9(7-15)3-4-11(12)13/h5-6,9H,1,3-4H2,2H3. The van der Waals surface area contributed by atoms with Gasteiger partial charge in [0.15, 0.2) is 0 Å². The van der Waals surface area contributed by atoms with Gasteiger partial charge in [0.1, 0.15) is 0 Å². The van der Waals surface area contributed by atoms with E-state index >= 15 is 0 Å². The molecule has 76 valence electrons. The highest BCUT2D eigenvalue weighted by molar-refractivity contribution is 6.30. The predicted molar refractivity (Wildman–Crippen MR) is 62.8 cm³/mol. The maximum absolute atomic E-state index is 9.02. The van der Waals surface area contributed by atoms with E-state index in [0.29, 0.717) is 5.02 Å². The van der Waals surface area contributed by atoms with Gasteiger partial charge in [-0.3, -0.25) is 0 Å². The van der Waals surface area contributed by atoms with Gasteiger partial charge >= 0.3 is 0 Å². The van der Waals surface area contributed by atoms with Crippen LogP contribution in [0, 0.1) is 11.3 Å². The van der Waals surface area contributed by atoms with Crippen LogP contribution in [0.25, 0.3) is 5.57 Å². The second-order valence-corrected chi connectivity index (χ2v) is 4.46. The summed E-state index contributed by atoms with van der Waals surface area (Å²) in [5, 5.41) is 9.72. The number of nitriles is 1. The minimum atomic E-state index is 0.0109. The molecule has 2 rings (SSSR count). The first-order chi connectivity index (χ1) is 7.13. The Bertz CT molecular complexity index is 468. The summed E-state index contributed by atoms with van der Waals surface area (Å²) in [6.45, 7) is 5.93. The average molecular weight is 218 g/mol. The van der Waals surface area contributed by atoms with Crippen molar-refractivity contribution in [1.82, 2.24) is 0 Å². The fourth-order valence-electron chi connectivity index (χ4n) is 2.21. The molecule has 0 aliphatic heterocycles. The van der Waals surface area contributed by atoms with Crippen molar-refractivity contribution in [3.05, 3.63) is 40.4 Å². The lowest BCUT2D eigenvalue weighted by molar-refractivity contribution is 0.825. The van der Waals surface area contributed by atoms with E-state index in [1.54, 1.807) is 0 Å². The summed E-state index contributed by atoms with van der Waals surface area (Å²) in [7, 11) is 0. The summed E-state index contributed by atoms with van der Waals surface area (Å²) in [5.74, 6) is 0.0109. The zero-order chi connectivity index (χ0) is 11.0. The molecule has 0 spiro atoms. The summed E-state index contributed by atoms with van der Waals surface area (Å²) in [4.78, 5) is 0. The van der Waals surface area contributed by atoms with Crippen LogP contribution >= 0.6 is 11.6 Å². The van der Waals surface area contributed by atoms with Gasteiger partial charge < -0.3 is 0 Å². The monoisotopic (exact) mass is 217 g/mol. The Balaban J connectivity index is 2.63. The average Bonchev–Trinajstić information content (AvgIpc) is 2.58. The topological polar surface area (TPSA) is 23.8 Å². The van der Waals surface area contributed by atoms with E-state index in [9.17, 15) is 0 Å². The van der Waals surface area contributed by atoms with Gasteiger partial charge in [0, 0.05) is 5.02 Å². The number of hydrogen-bond acceptors (Lipinski definition) is 1. The molecule has 0 amide bonds. The fourth-order valence-corrected chi connectivity index (χ4v) is 2.43. The lowest BCUT2D eigenvalue weighted by Crippen LogP contribution is -1.92. The van der Waals surface area contributed by atoms with Gasteiger partial charge in [0.25, 0.3) is 0 Å². The third-order valence-corrected chi connectivity index (χ3v) is 3.14. The lowest BCUT2D eigenvalue weighted by atomic mass is 9.96. The molecule has 1 nitrogen and oxygen atoms in total. The van der Waals surface area contributed by atoms with Crippen LogP contribution in [0.15, 0.2) is 18.7 Å². The predicted octanol–water partition coefficient (Wildman–Crippen LogP) is 3.93. The van der Waals surface area contributed by atoms with Crippen LogP contribution in [0.5, 0.6) is 0 Å². The molecule has 0 aromatic heterocycles. The second-order valence-electron chi connectivity index (χ2n) is 4.02. The van der Waals surface area contributed by atoms with Gasteiger partial charge in [-0.05, 0) is 48.6 Å². The molecular formula is C13H12ClN. The molecule has 1 aromatic rings. The fraction of sp³-hybridized carbons (Fsp3) is 0.308. The number of allylic oxidation sites excluding steroid dienone is 1. The largest absolute Gasteiger partial charge is 0.198 e.